The molecule has 0 saturated carbocycles. The Labute approximate surface area is 182 Å². The number of allylic oxidation sites excluding steroid dienone is 3. The van der Waals surface area contributed by atoms with Crippen LogP contribution in [0.3, 0.4) is 0 Å². The maximum absolute atomic E-state index is 12.2. The molecule has 2 atom stereocenters. The largest absolute Gasteiger partial charge is 0.388 e. The molecule has 2 heterocycles. The van der Waals surface area contributed by atoms with Gasteiger partial charge in [0.15, 0.2) is 0 Å². The number of aliphatic hydroxyl groups excluding tert-OH is 1. The Hall–Kier alpha value is -3.08. The lowest BCUT2D eigenvalue weighted by Crippen LogP contribution is -2.49. The number of pyridine rings is 2. The molecule has 4 nitrogen and oxygen atoms in total. The minimum Gasteiger partial charge on any atom is -0.388 e. The SMILES string of the molecule is OC1C(Cc2ccncc2)(Cc2ccncc2)c2ccccc2C1(O)C1=CC=CCC1. The minimum absolute atomic E-state index is 0.599. The van der Waals surface area contributed by atoms with Crippen LogP contribution in [0.15, 0.2) is 97.1 Å². The summed E-state index contributed by atoms with van der Waals surface area (Å²) in [6, 6.07) is 15.9. The molecular weight excluding hydrogens is 384 g/mol. The van der Waals surface area contributed by atoms with Crippen molar-refractivity contribution in [2.24, 2.45) is 0 Å². The van der Waals surface area contributed by atoms with Crippen molar-refractivity contribution in [1.82, 2.24) is 9.97 Å². The van der Waals surface area contributed by atoms with Crippen molar-refractivity contribution in [1.29, 1.82) is 0 Å². The lowest BCUT2D eigenvalue weighted by Gasteiger charge is -2.40. The second-order valence-electron chi connectivity index (χ2n) is 8.59. The van der Waals surface area contributed by atoms with Gasteiger partial charge in [-0.25, -0.2) is 0 Å². The average Bonchev–Trinajstić information content (AvgIpc) is 3.01. The summed E-state index contributed by atoms with van der Waals surface area (Å²) in [7, 11) is 0. The molecule has 2 aromatic heterocycles. The molecule has 2 unspecified atom stereocenters. The molecule has 4 heteroatoms. The summed E-state index contributed by atoms with van der Waals surface area (Å²) in [6.45, 7) is 0. The van der Waals surface area contributed by atoms with Crippen LogP contribution in [0.25, 0.3) is 0 Å². The summed E-state index contributed by atoms with van der Waals surface area (Å²) in [6.07, 6.45) is 15.0. The number of nitrogens with zero attached hydrogens (tertiary/aromatic N) is 2. The van der Waals surface area contributed by atoms with Crippen molar-refractivity contribution >= 4 is 0 Å². The van der Waals surface area contributed by atoms with E-state index in [1.807, 2.05) is 54.6 Å². The number of fused-ring (bicyclic) bond motifs is 1. The molecule has 2 N–H and O–H groups in total. The van der Waals surface area contributed by atoms with Gasteiger partial charge in [-0.15, -0.1) is 0 Å². The predicted octanol–water partition coefficient (Wildman–Crippen LogP) is 4.04. The monoisotopic (exact) mass is 410 g/mol. The zero-order valence-corrected chi connectivity index (χ0v) is 17.4. The lowest BCUT2D eigenvalue weighted by molar-refractivity contribution is -0.0767. The fourth-order valence-corrected chi connectivity index (χ4v) is 5.39. The Balaban J connectivity index is 1.71. The highest BCUT2D eigenvalue weighted by molar-refractivity contribution is 5.54. The summed E-state index contributed by atoms with van der Waals surface area (Å²) in [5.41, 5.74) is 2.76. The van der Waals surface area contributed by atoms with Crippen molar-refractivity contribution in [2.75, 3.05) is 0 Å². The quantitative estimate of drug-likeness (QED) is 0.666. The summed E-state index contributed by atoms with van der Waals surface area (Å²) >= 11 is 0. The first kappa shape index (κ1) is 19.9. The molecule has 0 saturated heterocycles. The van der Waals surface area contributed by atoms with Crippen LogP contribution in [0.4, 0.5) is 0 Å². The van der Waals surface area contributed by atoms with E-state index in [-0.39, 0.29) is 0 Å². The number of aromatic nitrogens is 2. The standard InChI is InChI=1S/C27H26N2O2/c30-25-26(18-20-10-14-28-15-11-20,19-21-12-16-29-17-13-21)23-8-4-5-9-24(23)27(25,31)22-6-2-1-3-7-22/h1-2,4-6,8-17,25,30-31H,3,7,18-19H2. The first-order chi connectivity index (χ1) is 15.1. The third kappa shape index (κ3) is 3.23. The Morgan fingerprint density at radius 3 is 1.97 bits per heavy atom. The Kier molecular flexibility index (Phi) is 5.05. The molecule has 0 aliphatic heterocycles. The van der Waals surface area contributed by atoms with E-state index in [0.29, 0.717) is 12.8 Å². The van der Waals surface area contributed by atoms with Gasteiger partial charge in [0.05, 0.1) is 0 Å². The summed E-state index contributed by atoms with van der Waals surface area (Å²) < 4.78 is 0. The average molecular weight is 411 g/mol. The van der Waals surface area contributed by atoms with Crippen LogP contribution in [0.5, 0.6) is 0 Å². The molecular formula is C27H26N2O2. The van der Waals surface area contributed by atoms with Gasteiger partial charge >= 0.3 is 0 Å². The van der Waals surface area contributed by atoms with Crippen molar-refractivity contribution in [2.45, 2.75) is 42.8 Å². The molecule has 0 amide bonds. The number of benzene rings is 1. The predicted molar refractivity (Wildman–Crippen MR) is 120 cm³/mol. The molecule has 0 spiro atoms. The summed E-state index contributed by atoms with van der Waals surface area (Å²) in [5.74, 6) is 0. The molecule has 2 aliphatic rings. The van der Waals surface area contributed by atoms with Gasteiger partial charge in [-0.3, -0.25) is 9.97 Å². The number of hydrogen-bond acceptors (Lipinski definition) is 4. The van der Waals surface area contributed by atoms with Crippen LogP contribution in [0.1, 0.15) is 35.1 Å². The Morgan fingerprint density at radius 2 is 1.42 bits per heavy atom. The van der Waals surface area contributed by atoms with Crippen molar-refractivity contribution in [3.05, 3.63) is 119 Å². The maximum Gasteiger partial charge on any atom is 0.138 e. The minimum atomic E-state index is -1.42. The van der Waals surface area contributed by atoms with E-state index in [1.54, 1.807) is 24.8 Å². The third-order valence-electron chi connectivity index (χ3n) is 6.83. The zero-order valence-electron chi connectivity index (χ0n) is 17.4. The number of rotatable bonds is 5. The van der Waals surface area contributed by atoms with Crippen LogP contribution in [-0.4, -0.2) is 26.3 Å². The van der Waals surface area contributed by atoms with Crippen molar-refractivity contribution < 1.29 is 10.2 Å². The van der Waals surface area contributed by atoms with Gasteiger partial charge in [0.25, 0.3) is 0 Å². The van der Waals surface area contributed by atoms with Gasteiger partial charge in [0.1, 0.15) is 11.7 Å². The Bertz CT molecular complexity index is 1080. The molecule has 156 valence electrons. The maximum atomic E-state index is 12.2. The van der Waals surface area contributed by atoms with Gasteiger partial charge in [-0.2, -0.15) is 0 Å². The van der Waals surface area contributed by atoms with Gasteiger partial charge in [-0.1, -0.05) is 42.5 Å². The second kappa shape index (κ2) is 7.88. The smallest absolute Gasteiger partial charge is 0.138 e. The molecule has 5 rings (SSSR count). The van der Waals surface area contributed by atoms with E-state index in [2.05, 4.69) is 22.1 Å². The highest BCUT2D eigenvalue weighted by Crippen LogP contribution is 2.55. The van der Waals surface area contributed by atoms with E-state index in [4.69, 9.17) is 0 Å². The fourth-order valence-electron chi connectivity index (χ4n) is 5.39. The van der Waals surface area contributed by atoms with Gasteiger partial charge < -0.3 is 10.2 Å². The third-order valence-corrected chi connectivity index (χ3v) is 6.83. The fraction of sp³-hybridized carbons (Fsp3) is 0.259. The van der Waals surface area contributed by atoms with Crippen molar-refractivity contribution in [3.8, 4) is 0 Å². The summed E-state index contributed by atoms with van der Waals surface area (Å²) in [4.78, 5) is 8.31. The zero-order chi connectivity index (χ0) is 21.3. The van der Waals surface area contributed by atoms with E-state index in [1.165, 1.54) is 0 Å². The molecule has 0 bridgehead atoms. The van der Waals surface area contributed by atoms with Gasteiger partial charge in [-0.05, 0) is 77.8 Å². The molecule has 0 radical (unpaired) electrons. The first-order valence-corrected chi connectivity index (χ1v) is 10.8. The van der Waals surface area contributed by atoms with E-state index in [9.17, 15) is 10.2 Å². The first-order valence-electron chi connectivity index (χ1n) is 10.8. The molecule has 3 aromatic rings. The summed E-state index contributed by atoms with van der Waals surface area (Å²) in [5, 5.41) is 24.2. The molecule has 31 heavy (non-hydrogen) atoms. The lowest BCUT2D eigenvalue weighted by atomic mass is 9.68. The van der Waals surface area contributed by atoms with E-state index >= 15 is 0 Å². The highest BCUT2D eigenvalue weighted by atomic mass is 16.3. The van der Waals surface area contributed by atoms with Crippen LogP contribution in [0.2, 0.25) is 0 Å². The van der Waals surface area contributed by atoms with Gasteiger partial charge in [0, 0.05) is 30.2 Å². The van der Waals surface area contributed by atoms with Gasteiger partial charge in [0.2, 0.25) is 0 Å². The Morgan fingerprint density at radius 1 is 0.839 bits per heavy atom. The molecule has 1 aromatic carbocycles. The second-order valence-corrected chi connectivity index (χ2v) is 8.59. The molecule has 0 fully saturated rings. The van der Waals surface area contributed by atoms with E-state index < -0.39 is 17.1 Å². The topological polar surface area (TPSA) is 66.2 Å². The normalized spacial score (nSPS) is 23.9. The van der Waals surface area contributed by atoms with Crippen molar-refractivity contribution in [3.63, 3.8) is 0 Å². The molecule has 2 aliphatic carbocycles. The number of hydrogen-bond donors (Lipinski definition) is 2. The highest BCUT2D eigenvalue weighted by Gasteiger charge is 2.60. The van der Waals surface area contributed by atoms with Crippen LogP contribution < -0.4 is 0 Å². The van der Waals surface area contributed by atoms with Crippen LogP contribution in [0, 0.1) is 0 Å². The van der Waals surface area contributed by atoms with Crippen LogP contribution >= 0.6 is 0 Å². The van der Waals surface area contributed by atoms with Crippen LogP contribution in [-0.2, 0) is 23.9 Å². The van der Waals surface area contributed by atoms with E-state index in [0.717, 1.165) is 40.7 Å². The number of aliphatic hydroxyl groups is 2.